The van der Waals surface area contributed by atoms with Crippen LogP contribution < -0.4 is 10.6 Å². The molecule has 1 saturated carbocycles. The van der Waals surface area contributed by atoms with Crippen molar-refractivity contribution in [2.75, 3.05) is 25.0 Å². The van der Waals surface area contributed by atoms with Gasteiger partial charge in [-0.05, 0) is 54.9 Å². The summed E-state index contributed by atoms with van der Waals surface area (Å²) in [5.41, 5.74) is 3.12. The van der Waals surface area contributed by atoms with Gasteiger partial charge in [0.05, 0.1) is 0 Å². The van der Waals surface area contributed by atoms with Gasteiger partial charge < -0.3 is 15.7 Å². The van der Waals surface area contributed by atoms with Crippen molar-refractivity contribution in [2.45, 2.75) is 25.7 Å². The summed E-state index contributed by atoms with van der Waals surface area (Å²) in [6.07, 6.45) is 4.35. The van der Waals surface area contributed by atoms with Gasteiger partial charge in [0.15, 0.2) is 0 Å². The number of aliphatic hydroxyl groups excluding tert-OH is 1. The van der Waals surface area contributed by atoms with Gasteiger partial charge in [-0.2, -0.15) is 0 Å². The highest BCUT2D eigenvalue weighted by Crippen LogP contribution is 2.30. The van der Waals surface area contributed by atoms with Crippen molar-refractivity contribution in [3.8, 4) is 0 Å². The summed E-state index contributed by atoms with van der Waals surface area (Å²) in [6.45, 7) is 1.88. The van der Waals surface area contributed by atoms with E-state index in [1.807, 2.05) is 18.2 Å². The lowest BCUT2D eigenvalue weighted by atomic mass is 9.97. The van der Waals surface area contributed by atoms with Gasteiger partial charge in [-0.3, -0.25) is 4.79 Å². The van der Waals surface area contributed by atoms with Gasteiger partial charge in [0, 0.05) is 30.9 Å². The van der Waals surface area contributed by atoms with E-state index in [2.05, 4.69) is 10.6 Å². The van der Waals surface area contributed by atoms with E-state index < -0.39 is 0 Å². The van der Waals surface area contributed by atoms with Gasteiger partial charge in [-0.25, -0.2) is 0 Å². The van der Waals surface area contributed by atoms with Gasteiger partial charge in [0.1, 0.15) is 0 Å². The van der Waals surface area contributed by atoms with E-state index in [1.165, 1.54) is 5.56 Å². The van der Waals surface area contributed by atoms with Crippen LogP contribution in [0.5, 0.6) is 0 Å². The third kappa shape index (κ3) is 2.66. The van der Waals surface area contributed by atoms with Gasteiger partial charge in [0.2, 0.25) is 0 Å². The molecule has 0 radical (unpaired) electrons. The standard InChI is InChI=1S/C16H22N2O2/c19-10-14-3-1-2-13(14)9-18-16(20)12-4-5-15-11(8-12)6-7-17-15/h4-5,8,13-14,17,19H,1-3,6-7,9-10H2,(H,18,20). The average molecular weight is 274 g/mol. The molecule has 1 heterocycles. The molecule has 1 fully saturated rings. The fourth-order valence-electron chi connectivity index (χ4n) is 3.39. The minimum absolute atomic E-state index is 0.00305. The summed E-state index contributed by atoms with van der Waals surface area (Å²) < 4.78 is 0. The van der Waals surface area contributed by atoms with Crippen LogP contribution in [-0.4, -0.2) is 30.7 Å². The maximum Gasteiger partial charge on any atom is 0.251 e. The summed E-state index contributed by atoms with van der Waals surface area (Å²) in [5, 5.41) is 15.6. The Morgan fingerprint density at radius 3 is 3.05 bits per heavy atom. The smallest absolute Gasteiger partial charge is 0.251 e. The molecule has 4 heteroatoms. The van der Waals surface area contributed by atoms with Crippen molar-refractivity contribution >= 4 is 11.6 Å². The monoisotopic (exact) mass is 274 g/mol. The SMILES string of the molecule is O=C(NCC1CCCC1CO)c1ccc2c(c1)CCN2. The van der Waals surface area contributed by atoms with Crippen molar-refractivity contribution in [3.63, 3.8) is 0 Å². The summed E-state index contributed by atoms with van der Waals surface area (Å²) in [7, 11) is 0. The number of nitrogens with one attached hydrogen (secondary N) is 2. The van der Waals surface area contributed by atoms with E-state index in [9.17, 15) is 9.90 Å². The Kier molecular flexibility index (Phi) is 3.92. The van der Waals surface area contributed by atoms with Crippen LogP contribution in [0.15, 0.2) is 18.2 Å². The molecule has 3 N–H and O–H groups in total. The second kappa shape index (κ2) is 5.83. The highest BCUT2D eigenvalue weighted by atomic mass is 16.3. The topological polar surface area (TPSA) is 61.4 Å². The summed E-state index contributed by atoms with van der Waals surface area (Å²) >= 11 is 0. The van der Waals surface area contributed by atoms with Gasteiger partial charge in [-0.1, -0.05) is 6.42 Å². The maximum absolute atomic E-state index is 12.2. The molecule has 0 saturated heterocycles. The van der Waals surface area contributed by atoms with E-state index in [4.69, 9.17) is 0 Å². The highest BCUT2D eigenvalue weighted by molar-refractivity contribution is 5.95. The zero-order valence-corrected chi connectivity index (χ0v) is 11.7. The largest absolute Gasteiger partial charge is 0.396 e. The second-order valence-corrected chi connectivity index (χ2v) is 5.89. The Hall–Kier alpha value is -1.55. The number of hydrogen-bond acceptors (Lipinski definition) is 3. The highest BCUT2D eigenvalue weighted by Gasteiger charge is 2.26. The van der Waals surface area contributed by atoms with E-state index in [1.54, 1.807) is 0 Å². The number of aliphatic hydroxyl groups is 1. The Morgan fingerprint density at radius 1 is 1.35 bits per heavy atom. The molecule has 2 unspecified atom stereocenters. The second-order valence-electron chi connectivity index (χ2n) is 5.89. The number of rotatable bonds is 4. The molecule has 108 valence electrons. The molecule has 0 bridgehead atoms. The molecule has 4 nitrogen and oxygen atoms in total. The minimum Gasteiger partial charge on any atom is -0.396 e. The van der Waals surface area contributed by atoms with Crippen molar-refractivity contribution in [2.24, 2.45) is 11.8 Å². The first kappa shape index (κ1) is 13.4. The number of fused-ring (bicyclic) bond motifs is 1. The lowest BCUT2D eigenvalue weighted by molar-refractivity contribution is 0.0937. The van der Waals surface area contributed by atoms with Crippen molar-refractivity contribution in [1.29, 1.82) is 0 Å². The van der Waals surface area contributed by atoms with E-state index in [0.717, 1.165) is 43.5 Å². The Labute approximate surface area is 119 Å². The molecule has 1 aliphatic heterocycles. The van der Waals surface area contributed by atoms with Crippen LogP contribution in [-0.2, 0) is 6.42 Å². The summed E-state index contributed by atoms with van der Waals surface area (Å²) in [4.78, 5) is 12.2. The predicted molar refractivity (Wildman–Crippen MR) is 78.9 cm³/mol. The van der Waals surface area contributed by atoms with Crippen LogP contribution in [0.25, 0.3) is 0 Å². The zero-order chi connectivity index (χ0) is 13.9. The molecule has 1 aliphatic carbocycles. The molecular weight excluding hydrogens is 252 g/mol. The minimum atomic E-state index is 0.00305. The molecule has 3 rings (SSSR count). The molecule has 1 aromatic rings. The first-order valence-electron chi connectivity index (χ1n) is 7.54. The molecule has 0 aromatic heterocycles. The zero-order valence-electron chi connectivity index (χ0n) is 11.7. The lowest BCUT2D eigenvalue weighted by Crippen LogP contribution is -2.31. The molecule has 20 heavy (non-hydrogen) atoms. The maximum atomic E-state index is 12.2. The fraction of sp³-hybridized carbons (Fsp3) is 0.562. The number of anilines is 1. The van der Waals surface area contributed by atoms with Crippen LogP contribution >= 0.6 is 0 Å². The van der Waals surface area contributed by atoms with E-state index >= 15 is 0 Å². The fourth-order valence-corrected chi connectivity index (χ4v) is 3.39. The predicted octanol–water partition coefficient (Wildman–Crippen LogP) is 1.79. The van der Waals surface area contributed by atoms with Crippen LogP contribution in [0.2, 0.25) is 0 Å². The van der Waals surface area contributed by atoms with Gasteiger partial charge >= 0.3 is 0 Å². The Bertz CT molecular complexity index is 501. The molecule has 0 spiro atoms. The Morgan fingerprint density at radius 2 is 2.20 bits per heavy atom. The number of benzene rings is 1. The number of hydrogen-bond donors (Lipinski definition) is 3. The van der Waals surface area contributed by atoms with Crippen molar-refractivity contribution < 1.29 is 9.90 Å². The van der Waals surface area contributed by atoms with E-state index in [0.29, 0.717) is 18.4 Å². The van der Waals surface area contributed by atoms with Crippen LogP contribution in [0, 0.1) is 11.8 Å². The Balaban J connectivity index is 1.59. The molecule has 2 aliphatic rings. The summed E-state index contributed by atoms with van der Waals surface area (Å²) in [6, 6.07) is 5.86. The summed E-state index contributed by atoms with van der Waals surface area (Å²) in [5.74, 6) is 0.794. The molecule has 1 aromatic carbocycles. The van der Waals surface area contributed by atoms with Gasteiger partial charge in [0.25, 0.3) is 5.91 Å². The number of amides is 1. The van der Waals surface area contributed by atoms with Crippen LogP contribution in [0.3, 0.4) is 0 Å². The molecule has 2 atom stereocenters. The first-order valence-corrected chi connectivity index (χ1v) is 7.54. The van der Waals surface area contributed by atoms with Crippen LogP contribution in [0.1, 0.15) is 35.2 Å². The third-order valence-electron chi connectivity index (χ3n) is 4.65. The first-order chi connectivity index (χ1) is 9.78. The van der Waals surface area contributed by atoms with Crippen molar-refractivity contribution in [3.05, 3.63) is 29.3 Å². The normalized spacial score (nSPS) is 24.2. The quantitative estimate of drug-likeness (QED) is 0.784. The van der Waals surface area contributed by atoms with E-state index in [-0.39, 0.29) is 12.5 Å². The van der Waals surface area contributed by atoms with Gasteiger partial charge in [-0.15, -0.1) is 0 Å². The molecular formula is C16H22N2O2. The lowest BCUT2D eigenvalue weighted by Gasteiger charge is -2.17. The third-order valence-corrected chi connectivity index (χ3v) is 4.65. The van der Waals surface area contributed by atoms with Crippen LogP contribution in [0.4, 0.5) is 5.69 Å². The van der Waals surface area contributed by atoms with Crippen molar-refractivity contribution in [1.82, 2.24) is 5.32 Å². The molecule has 1 amide bonds. The number of carbonyl (C=O) groups excluding carboxylic acids is 1. The number of carbonyl (C=O) groups is 1. The average Bonchev–Trinajstić information content (AvgIpc) is 3.12.